The van der Waals surface area contributed by atoms with E-state index >= 15 is 0 Å². The summed E-state index contributed by atoms with van der Waals surface area (Å²) in [6, 6.07) is 0. The van der Waals surface area contributed by atoms with Crippen LogP contribution in [0, 0.1) is 0 Å². The Balaban J connectivity index is 2.14. The lowest BCUT2D eigenvalue weighted by Crippen LogP contribution is -2.27. The van der Waals surface area contributed by atoms with E-state index in [1.54, 1.807) is 13.4 Å². The predicted molar refractivity (Wildman–Crippen MR) is 59.4 cm³/mol. The van der Waals surface area contributed by atoms with Gasteiger partial charge in [0.15, 0.2) is 0 Å². The zero-order valence-corrected chi connectivity index (χ0v) is 9.69. The molecule has 1 aromatic heterocycles. The second kappa shape index (κ2) is 5.23. The molecule has 5 heteroatoms. The van der Waals surface area contributed by atoms with Crippen LogP contribution in [0.15, 0.2) is 6.33 Å². The van der Waals surface area contributed by atoms with E-state index in [0.717, 1.165) is 30.8 Å². The van der Waals surface area contributed by atoms with E-state index in [1.807, 2.05) is 6.92 Å². The minimum atomic E-state index is 0.00549. The molecule has 0 aromatic carbocycles. The Morgan fingerprint density at radius 1 is 1.50 bits per heavy atom. The molecule has 1 atom stereocenters. The highest BCUT2D eigenvalue weighted by Gasteiger charge is 2.17. The molecule has 2 rings (SSSR count). The summed E-state index contributed by atoms with van der Waals surface area (Å²) >= 11 is 0. The molecule has 0 saturated carbocycles. The standard InChI is InChI=1S/C11H17N3O2/c1-8(6-15-2)16-11-9-5-12-4-3-10(9)13-7-14-11/h7-8,12H,3-6H2,1-2H3. The molecule has 1 aliphatic heterocycles. The molecule has 1 aliphatic rings. The highest BCUT2D eigenvalue weighted by atomic mass is 16.5. The van der Waals surface area contributed by atoms with Gasteiger partial charge >= 0.3 is 0 Å². The second-order valence-corrected chi connectivity index (χ2v) is 3.91. The lowest BCUT2D eigenvalue weighted by molar-refractivity contribution is 0.0878. The van der Waals surface area contributed by atoms with E-state index in [-0.39, 0.29) is 6.10 Å². The highest BCUT2D eigenvalue weighted by Crippen LogP contribution is 2.21. The molecule has 88 valence electrons. The Bertz CT molecular complexity index is 357. The van der Waals surface area contributed by atoms with Crippen LogP contribution in [-0.4, -0.2) is 36.3 Å². The van der Waals surface area contributed by atoms with Crippen molar-refractivity contribution >= 4 is 0 Å². The van der Waals surface area contributed by atoms with Crippen LogP contribution >= 0.6 is 0 Å². The Morgan fingerprint density at radius 3 is 3.19 bits per heavy atom. The normalized spacial score (nSPS) is 16.6. The second-order valence-electron chi connectivity index (χ2n) is 3.91. The molecule has 0 saturated heterocycles. The maximum Gasteiger partial charge on any atom is 0.221 e. The van der Waals surface area contributed by atoms with Crippen LogP contribution in [-0.2, 0) is 17.7 Å². The van der Waals surface area contributed by atoms with Crippen LogP contribution in [0.3, 0.4) is 0 Å². The fraction of sp³-hybridized carbons (Fsp3) is 0.636. The van der Waals surface area contributed by atoms with Crippen molar-refractivity contribution in [1.82, 2.24) is 15.3 Å². The number of aromatic nitrogens is 2. The maximum atomic E-state index is 5.74. The monoisotopic (exact) mass is 223 g/mol. The summed E-state index contributed by atoms with van der Waals surface area (Å²) in [6.07, 6.45) is 2.51. The van der Waals surface area contributed by atoms with Crippen LogP contribution in [0.5, 0.6) is 5.88 Å². The van der Waals surface area contributed by atoms with Gasteiger partial charge in [-0.1, -0.05) is 0 Å². The van der Waals surface area contributed by atoms with Crippen molar-refractivity contribution in [3.8, 4) is 5.88 Å². The summed E-state index contributed by atoms with van der Waals surface area (Å²) in [6.45, 7) is 4.28. The molecule has 16 heavy (non-hydrogen) atoms. The van der Waals surface area contributed by atoms with Crippen LogP contribution in [0.25, 0.3) is 0 Å². The molecular weight excluding hydrogens is 206 g/mol. The van der Waals surface area contributed by atoms with Crippen molar-refractivity contribution in [2.75, 3.05) is 20.3 Å². The zero-order valence-electron chi connectivity index (χ0n) is 9.69. The first-order valence-electron chi connectivity index (χ1n) is 5.50. The van der Waals surface area contributed by atoms with Gasteiger partial charge in [0.25, 0.3) is 0 Å². The van der Waals surface area contributed by atoms with Gasteiger partial charge in [-0.2, -0.15) is 0 Å². The molecular formula is C11H17N3O2. The first-order chi connectivity index (χ1) is 7.81. The number of ether oxygens (including phenoxy) is 2. The van der Waals surface area contributed by atoms with Crippen molar-refractivity contribution < 1.29 is 9.47 Å². The largest absolute Gasteiger partial charge is 0.472 e. The van der Waals surface area contributed by atoms with Crippen LogP contribution in [0.1, 0.15) is 18.2 Å². The summed E-state index contributed by atoms with van der Waals surface area (Å²) in [5.41, 5.74) is 2.17. The van der Waals surface area contributed by atoms with Gasteiger partial charge in [-0.3, -0.25) is 0 Å². The zero-order chi connectivity index (χ0) is 11.4. The SMILES string of the molecule is COCC(C)Oc1ncnc2c1CNCC2. The van der Waals surface area contributed by atoms with Gasteiger partial charge in [0.2, 0.25) is 5.88 Å². The van der Waals surface area contributed by atoms with Gasteiger partial charge in [-0.25, -0.2) is 9.97 Å². The van der Waals surface area contributed by atoms with Gasteiger partial charge in [-0.15, -0.1) is 0 Å². The van der Waals surface area contributed by atoms with Crippen LogP contribution < -0.4 is 10.1 Å². The van der Waals surface area contributed by atoms with Crippen molar-refractivity contribution in [2.45, 2.75) is 26.0 Å². The lowest BCUT2D eigenvalue weighted by Gasteiger charge is -2.20. The molecule has 0 spiro atoms. The molecule has 0 bridgehead atoms. The summed E-state index contributed by atoms with van der Waals surface area (Å²) in [7, 11) is 1.66. The average Bonchev–Trinajstić information content (AvgIpc) is 2.30. The summed E-state index contributed by atoms with van der Waals surface area (Å²) < 4.78 is 10.8. The van der Waals surface area contributed by atoms with Crippen molar-refractivity contribution in [1.29, 1.82) is 0 Å². The lowest BCUT2D eigenvalue weighted by atomic mass is 10.1. The van der Waals surface area contributed by atoms with Crippen LogP contribution in [0.2, 0.25) is 0 Å². The first-order valence-corrected chi connectivity index (χ1v) is 5.50. The Hall–Kier alpha value is -1.20. The fourth-order valence-electron chi connectivity index (χ4n) is 1.80. The van der Waals surface area contributed by atoms with E-state index in [1.165, 1.54) is 0 Å². The highest BCUT2D eigenvalue weighted by molar-refractivity contribution is 5.31. The number of fused-ring (bicyclic) bond motifs is 1. The molecule has 1 unspecified atom stereocenters. The Labute approximate surface area is 95.2 Å². The number of hydrogen-bond donors (Lipinski definition) is 1. The molecule has 2 heterocycles. The number of hydrogen-bond acceptors (Lipinski definition) is 5. The van der Waals surface area contributed by atoms with E-state index in [0.29, 0.717) is 12.5 Å². The molecule has 1 N–H and O–H groups in total. The number of nitrogens with one attached hydrogen (secondary N) is 1. The van der Waals surface area contributed by atoms with Crippen molar-refractivity contribution in [2.24, 2.45) is 0 Å². The van der Waals surface area contributed by atoms with Gasteiger partial charge < -0.3 is 14.8 Å². The van der Waals surface area contributed by atoms with E-state index < -0.39 is 0 Å². The molecule has 0 fully saturated rings. The third kappa shape index (κ3) is 2.48. The van der Waals surface area contributed by atoms with Crippen LogP contribution in [0.4, 0.5) is 0 Å². The van der Waals surface area contributed by atoms with E-state index in [2.05, 4.69) is 15.3 Å². The number of methoxy groups -OCH3 is 1. The minimum absolute atomic E-state index is 0.00549. The summed E-state index contributed by atoms with van der Waals surface area (Å²) in [4.78, 5) is 8.46. The van der Waals surface area contributed by atoms with Gasteiger partial charge in [0, 0.05) is 32.2 Å². The number of rotatable bonds is 4. The van der Waals surface area contributed by atoms with Gasteiger partial charge in [-0.05, 0) is 6.92 Å². The first kappa shape index (κ1) is 11.3. The third-order valence-corrected chi connectivity index (χ3v) is 2.55. The summed E-state index contributed by atoms with van der Waals surface area (Å²) in [5.74, 6) is 0.682. The Kier molecular flexibility index (Phi) is 3.69. The third-order valence-electron chi connectivity index (χ3n) is 2.55. The topological polar surface area (TPSA) is 56.3 Å². The summed E-state index contributed by atoms with van der Waals surface area (Å²) in [5, 5.41) is 3.30. The quantitative estimate of drug-likeness (QED) is 0.807. The minimum Gasteiger partial charge on any atom is -0.472 e. The number of nitrogens with zero attached hydrogens (tertiary/aromatic N) is 2. The molecule has 0 radical (unpaired) electrons. The smallest absolute Gasteiger partial charge is 0.221 e. The average molecular weight is 223 g/mol. The Morgan fingerprint density at radius 2 is 2.38 bits per heavy atom. The maximum absolute atomic E-state index is 5.74. The van der Waals surface area contributed by atoms with E-state index in [4.69, 9.17) is 9.47 Å². The molecule has 0 amide bonds. The van der Waals surface area contributed by atoms with E-state index in [9.17, 15) is 0 Å². The van der Waals surface area contributed by atoms with Gasteiger partial charge in [0.05, 0.1) is 12.3 Å². The molecule has 0 aliphatic carbocycles. The van der Waals surface area contributed by atoms with Crippen molar-refractivity contribution in [3.05, 3.63) is 17.6 Å². The molecule has 1 aromatic rings. The molecule has 5 nitrogen and oxygen atoms in total. The van der Waals surface area contributed by atoms with Crippen molar-refractivity contribution in [3.63, 3.8) is 0 Å². The van der Waals surface area contributed by atoms with Gasteiger partial charge in [0.1, 0.15) is 12.4 Å². The fourth-order valence-corrected chi connectivity index (χ4v) is 1.80. The predicted octanol–water partition coefficient (Wildman–Crippen LogP) is 0.536.